The number of hydrogen-bond donors (Lipinski definition) is 1. The summed E-state index contributed by atoms with van der Waals surface area (Å²) in [7, 11) is 0. The van der Waals surface area contributed by atoms with Crippen molar-refractivity contribution in [2.45, 2.75) is 32.1 Å². The summed E-state index contributed by atoms with van der Waals surface area (Å²) < 4.78 is 5.53. The predicted octanol–water partition coefficient (Wildman–Crippen LogP) is 2.97. The van der Waals surface area contributed by atoms with Gasteiger partial charge in [0.15, 0.2) is 0 Å². The minimum absolute atomic E-state index is 0.0701. The third kappa shape index (κ3) is 4.15. The Morgan fingerprint density at radius 2 is 1.89 bits per heavy atom. The Morgan fingerprint density at radius 1 is 1.17 bits per heavy atom. The van der Waals surface area contributed by atoms with Gasteiger partial charge in [0.25, 0.3) is 5.91 Å². The van der Waals surface area contributed by atoms with Gasteiger partial charge >= 0.3 is 0 Å². The van der Waals surface area contributed by atoms with Crippen molar-refractivity contribution in [2.24, 2.45) is 5.92 Å². The number of benzene rings is 1. The van der Waals surface area contributed by atoms with Crippen molar-refractivity contribution in [3.05, 3.63) is 35.9 Å². The molecule has 1 saturated carbocycles. The Bertz CT molecular complexity index is 358. The molecule has 0 unspecified atom stereocenters. The lowest BCUT2D eigenvalue weighted by atomic mass is 9.90. The normalized spacial score (nSPS) is 16.4. The van der Waals surface area contributed by atoms with Crippen LogP contribution in [0.2, 0.25) is 0 Å². The molecule has 98 valence electrons. The van der Waals surface area contributed by atoms with Crippen LogP contribution in [0, 0.1) is 5.92 Å². The minimum atomic E-state index is -0.0701. The third-order valence-electron chi connectivity index (χ3n) is 3.45. The van der Waals surface area contributed by atoms with Crippen LogP contribution in [0.15, 0.2) is 30.3 Å². The van der Waals surface area contributed by atoms with Gasteiger partial charge in [-0.25, -0.2) is 0 Å². The van der Waals surface area contributed by atoms with Gasteiger partial charge in [-0.3, -0.25) is 4.79 Å². The summed E-state index contributed by atoms with van der Waals surface area (Å²) in [5.41, 5.74) is 0.679. The van der Waals surface area contributed by atoms with Gasteiger partial charge in [-0.15, -0.1) is 0 Å². The average Bonchev–Trinajstić information content (AvgIpc) is 2.45. The zero-order valence-electron chi connectivity index (χ0n) is 10.7. The number of carbonyl (C=O) groups excluding carboxylic acids is 1. The lowest BCUT2D eigenvalue weighted by Gasteiger charge is -2.21. The molecule has 0 radical (unpaired) electrons. The van der Waals surface area contributed by atoms with Gasteiger partial charge in [0, 0.05) is 5.56 Å². The van der Waals surface area contributed by atoms with E-state index in [1.165, 1.54) is 32.1 Å². The van der Waals surface area contributed by atoms with Crippen molar-refractivity contribution in [2.75, 3.05) is 13.3 Å². The van der Waals surface area contributed by atoms with Crippen molar-refractivity contribution in [1.29, 1.82) is 0 Å². The van der Waals surface area contributed by atoms with Crippen LogP contribution in [0.5, 0.6) is 0 Å². The molecule has 1 N–H and O–H groups in total. The molecule has 0 spiro atoms. The lowest BCUT2D eigenvalue weighted by Crippen LogP contribution is -2.27. The van der Waals surface area contributed by atoms with E-state index in [1.54, 1.807) is 12.1 Å². The van der Waals surface area contributed by atoms with Crippen LogP contribution in [0.3, 0.4) is 0 Å². The van der Waals surface area contributed by atoms with Crippen LogP contribution in [-0.4, -0.2) is 19.2 Å². The molecule has 2 rings (SSSR count). The summed E-state index contributed by atoms with van der Waals surface area (Å²) in [5, 5.41) is 2.78. The largest absolute Gasteiger partial charge is 0.361 e. The van der Waals surface area contributed by atoms with Crippen LogP contribution < -0.4 is 5.32 Å². The molecule has 1 fully saturated rings. The summed E-state index contributed by atoms with van der Waals surface area (Å²) in [4.78, 5) is 11.7. The topological polar surface area (TPSA) is 38.3 Å². The molecule has 0 saturated heterocycles. The number of hydrogen-bond acceptors (Lipinski definition) is 2. The first-order chi connectivity index (χ1) is 8.86. The maximum atomic E-state index is 11.7. The smallest absolute Gasteiger partial charge is 0.253 e. The Labute approximate surface area is 109 Å². The fourth-order valence-corrected chi connectivity index (χ4v) is 2.39. The van der Waals surface area contributed by atoms with Gasteiger partial charge in [-0.1, -0.05) is 37.5 Å². The van der Waals surface area contributed by atoms with Gasteiger partial charge in [0.05, 0.1) is 6.61 Å². The maximum absolute atomic E-state index is 11.7. The van der Waals surface area contributed by atoms with E-state index >= 15 is 0 Å². The zero-order valence-corrected chi connectivity index (χ0v) is 10.7. The number of amides is 1. The number of ether oxygens (including phenoxy) is 1. The first kappa shape index (κ1) is 13.1. The standard InChI is InChI=1S/C15H21NO2/c17-15(14-9-5-2-6-10-14)16-12-18-11-13-7-3-1-4-8-13/h2,5-6,9-10,13H,1,3-4,7-8,11-12H2,(H,16,17). The Kier molecular flexibility index (Phi) is 5.21. The van der Waals surface area contributed by atoms with Crippen molar-refractivity contribution >= 4 is 5.91 Å². The Hall–Kier alpha value is -1.35. The van der Waals surface area contributed by atoms with Crippen LogP contribution in [0.25, 0.3) is 0 Å². The summed E-state index contributed by atoms with van der Waals surface area (Å²) >= 11 is 0. The van der Waals surface area contributed by atoms with Crippen LogP contribution in [-0.2, 0) is 4.74 Å². The zero-order chi connectivity index (χ0) is 12.6. The van der Waals surface area contributed by atoms with Crippen LogP contribution in [0.4, 0.5) is 0 Å². The van der Waals surface area contributed by atoms with Crippen molar-refractivity contribution in [3.63, 3.8) is 0 Å². The second-order valence-corrected chi connectivity index (χ2v) is 4.89. The molecule has 1 aliphatic rings. The van der Waals surface area contributed by atoms with E-state index in [-0.39, 0.29) is 5.91 Å². The van der Waals surface area contributed by atoms with E-state index in [1.807, 2.05) is 18.2 Å². The first-order valence-corrected chi connectivity index (χ1v) is 6.77. The molecule has 1 aromatic carbocycles. The van der Waals surface area contributed by atoms with Crippen LogP contribution >= 0.6 is 0 Å². The number of rotatable bonds is 5. The fourth-order valence-electron chi connectivity index (χ4n) is 2.39. The third-order valence-corrected chi connectivity index (χ3v) is 3.45. The molecule has 3 nitrogen and oxygen atoms in total. The van der Waals surface area contributed by atoms with Crippen molar-refractivity contribution in [1.82, 2.24) is 5.32 Å². The molecule has 1 amide bonds. The van der Waals surface area contributed by atoms with Gasteiger partial charge in [0.2, 0.25) is 0 Å². The van der Waals surface area contributed by atoms with E-state index in [9.17, 15) is 4.79 Å². The Morgan fingerprint density at radius 3 is 2.61 bits per heavy atom. The highest BCUT2D eigenvalue weighted by Gasteiger charge is 2.13. The molecule has 1 aliphatic carbocycles. The predicted molar refractivity (Wildman–Crippen MR) is 71.3 cm³/mol. The molecular formula is C15H21NO2. The molecule has 18 heavy (non-hydrogen) atoms. The fraction of sp³-hybridized carbons (Fsp3) is 0.533. The minimum Gasteiger partial charge on any atom is -0.361 e. The first-order valence-electron chi connectivity index (χ1n) is 6.77. The number of nitrogens with one attached hydrogen (secondary N) is 1. The number of carbonyl (C=O) groups is 1. The summed E-state index contributed by atoms with van der Waals surface area (Å²) in [6, 6.07) is 9.22. The maximum Gasteiger partial charge on any atom is 0.253 e. The van der Waals surface area contributed by atoms with Gasteiger partial charge in [0.1, 0.15) is 6.73 Å². The second-order valence-electron chi connectivity index (χ2n) is 4.89. The Balaban J connectivity index is 1.62. The van der Waals surface area contributed by atoms with Gasteiger partial charge in [-0.2, -0.15) is 0 Å². The molecule has 0 bridgehead atoms. The molecule has 0 atom stereocenters. The monoisotopic (exact) mass is 247 g/mol. The van der Waals surface area contributed by atoms with Gasteiger partial charge < -0.3 is 10.1 Å². The highest BCUT2D eigenvalue weighted by molar-refractivity contribution is 5.93. The molecule has 1 aromatic rings. The molecule has 0 aromatic heterocycles. The highest BCUT2D eigenvalue weighted by atomic mass is 16.5. The quantitative estimate of drug-likeness (QED) is 0.641. The molecule has 3 heteroatoms. The molecular weight excluding hydrogens is 226 g/mol. The van der Waals surface area contributed by atoms with E-state index < -0.39 is 0 Å². The van der Waals surface area contributed by atoms with Gasteiger partial charge in [-0.05, 0) is 30.9 Å². The molecule has 0 aliphatic heterocycles. The SMILES string of the molecule is O=C(NCOCC1CCCCC1)c1ccccc1. The summed E-state index contributed by atoms with van der Waals surface area (Å²) in [6.45, 7) is 1.08. The van der Waals surface area contributed by atoms with Crippen molar-refractivity contribution < 1.29 is 9.53 Å². The van der Waals surface area contributed by atoms with E-state index in [0.717, 1.165) is 6.61 Å². The summed E-state index contributed by atoms with van der Waals surface area (Å²) in [6.07, 6.45) is 6.55. The highest BCUT2D eigenvalue weighted by Crippen LogP contribution is 2.23. The van der Waals surface area contributed by atoms with Crippen LogP contribution in [0.1, 0.15) is 42.5 Å². The van der Waals surface area contributed by atoms with Crippen molar-refractivity contribution in [3.8, 4) is 0 Å². The average molecular weight is 247 g/mol. The lowest BCUT2D eigenvalue weighted by molar-refractivity contribution is 0.0619. The second kappa shape index (κ2) is 7.17. The van der Waals surface area contributed by atoms with E-state index in [0.29, 0.717) is 18.2 Å². The van der Waals surface area contributed by atoms with E-state index in [4.69, 9.17) is 4.74 Å². The molecule has 0 heterocycles. The van der Waals surface area contributed by atoms with E-state index in [2.05, 4.69) is 5.32 Å². The summed E-state index contributed by atoms with van der Waals surface area (Å²) in [5.74, 6) is 0.617.